The summed E-state index contributed by atoms with van der Waals surface area (Å²) in [7, 11) is 0. The number of amidine groups is 1. The van der Waals surface area contributed by atoms with Crippen LogP contribution in [0.25, 0.3) is 0 Å². The zero-order valence-corrected chi connectivity index (χ0v) is 10.6. The Balaban J connectivity index is 2.12. The Kier molecular flexibility index (Phi) is 4.74. The molecule has 1 aliphatic heterocycles. The van der Waals surface area contributed by atoms with Gasteiger partial charge in [-0.05, 0) is 12.1 Å². The normalized spacial score (nSPS) is 18.1. The molecule has 0 spiro atoms. The molecular weight excluding hydrogens is 252 g/mol. The Morgan fingerprint density at radius 3 is 2.94 bits per heavy atom. The largest absolute Gasteiger partial charge is 0.395 e. The molecule has 1 N–H and O–H groups in total. The first-order chi connectivity index (χ1) is 8.81. The standard InChI is InChI=1S/C12H14N2O3S/c15-8-6-14-7-9-17-18-12(14)13-11(16)10-4-2-1-3-5-10/h1-5,15H,6-9H2. The highest BCUT2D eigenvalue weighted by Crippen LogP contribution is 2.17. The number of rotatable bonds is 3. The lowest BCUT2D eigenvalue weighted by atomic mass is 10.2. The van der Waals surface area contributed by atoms with E-state index >= 15 is 0 Å². The monoisotopic (exact) mass is 266 g/mol. The highest BCUT2D eigenvalue weighted by Gasteiger charge is 2.19. The average molecular weight is 266 g/mol. The molecule has 0 saturated carbocycles. The lowest BCUT2D eigenvalue weighted by Gasteiger charge is -2.27. The molecule has 2 rings (SSSR count). The third kappa shape index (κ3) is 3.32. The second-order valence-corrected chi connectivity index (χ2v) is 4.45. The van der Waals surface area contributed by atoms with Gasteiger partial charge in [-0.25, -0.2) is 0 Å². The Labute approximate surface area is 110 Å². The maximum absolute atomic E-state index is 11.9. The molecule has 5 nitrogen and oxygen atoms in total. The van der Waals surface area contributed by atoms with Gasteiger partial charge in [0.2, 0.25) is 0 Å². The zero-order valence-electron chi connectivity index (χ0n) is 9.78. The number of aliphatic hydroxyl groups is 1. The molecule has 1 saturated heterocycles. The van der Waals surface area contributed by atoms with Gasteiger partial charge in [0, 0.05) is 18.7 Å². The van der Waals surface area contributed by atoms with Gasteiger partial charge in [0.1, 0.15) is 0 Å². The molecular formula is C12H14N2O3S. The Bertz CT molecular complexity index is 434. The second-order valence-electron chi connectivity index (χ2n) is 3.68. The van der Waals surface area contributed by atoms with Gasteiger partial charge >= 0.3 is 0 Å². The Morgan fingerprint density at radius 1 is 1.44 bits per heavy atom. The van der Waals surface area contributed by atoms with Crippen LogP contribution in [-0.2, 0) is 4.18 Å². The fourth-order valence-electron chi connectivity index (χ4n) is 1.54. The fourth-order valence-corrected chi connectivity index (χ4v) is 2.21. The van der Waals surface area contributed by atoms with Crippen molar-refractivity contribution in [1.82, 2.24) is 4.90 Å². The second kappa shape index (κ2) is 6.53. The van der Waals surface area contributed by atoms with E-state index in [0.717, 1.165) is 12.0 Å². The number of nitrogens with zero attached hydrogens (tertiary/aromatic N) is 2. The number of β-amino-alcohol motifs (C(OH)–C–C–N with tert-alkyl or cyclic N) is 1. The van der Waals surface area contributed by atoms with Crippen molar-refractivity contribution in [3.8, 4) is 0 Å². The number of benzene rings is 1. The highest BCUT2D eigenvalue weighted by molar-refractivity contribution is 8.09. The first-order valence-corrected chi connectivity index (χ1v) is 6.39. The van der Waals surface area contributed by atoms with E-state index in [1.165, 1.54) is 0 Å². The van der Waals surface area contributed by atoms with Gasteiger partial charge in [-0.1, -0.05) is 18.2 Å². The maximum atomic E-state index is 11.9. The molecule has 0 aliphatic carbocycles. The molecule has 0 aromatic heterocycles. The van der Waals surface area contributed by atoms with Crippen LogP contribution in [0.2, 0.25) is 0 Å². The van der Waals surface area contributed by atoms with Gasteiger partial charge in [0.15, 0.2) is 5.17 Å². The van der Waals surface area contributed by atoms with Crippen LogP contribution < -0.4 is 0 Å². The molecule has 0 radical (unpaired) electrons. The summed E-state index contributed by atoms with van der Waals surface area (Å²) in [5, 5.41) is 9.46. The minimum Gasteiger partial charge on any atom is -0.395 e. The van der Waals surface area contributed by atoms with Crippen LogP contribution in [0, 0.1) is 0 Å². The first kappa shape index (κ1) is 13.1. The Morgan fingerprint density at radius 2 is 2.22 bits per heavy atom. The molecule has 1 amide bonds. The molecule has 1 aromatic carbocycles. The van der Waals surface area contributed by atoms with Crippen LogP contribution in [0.1, 0.15) is 10.4 Å². The van der Waals surface area contributed by atoms with Crippen LogP contribution in [0.15, 0.2) is 35.3 Å². The average Bonchev–Trinajstić information content (AvgIpc) is 2.42. The molecule has 1 aromatic rings. The van der Waals surface area contributed by atoms with E-state index in [2.05, 4.69) is 4.99 Å². The first-order valence-electron chi connectivity index (χ1n) is 5.64. The number of aliphatic imine (C=N–C) groups is 1. The molecule has 1 fully saturated rings. The molecule has 0 bridgehead atoms. The molecule has 96 valence electrons. The maximum Gasteiger partial charge on any atom is 0.279 e. The van der Waals surface area contributed by atoms with Crippen LogP contribution in [0.3, 0.4) is 0 Å². The topological polar surface area (TPSA) is 62.1 Å². The SMILES string of the molecule is O=C(N=C1SOCCN1CCO)c1ccccc1. The number of carbonyl (C=O) groups is 1. The van der Waals surface area contributed by atoms with Crippen molar-refractivity contribution < 1.29 is 14.1 Å². The third-order valence-electron chi connectivity index (χ3n) is 2.44. The van der Waals surface area contributed by atoms with Crippen LogP contribution in [0.5, 0.6) is 0 Å². The smallest absolute Gasteiger partial charge is 0.279 e. The molecule has 0 atom stereocenters. The van der Waals surface area contributed by atoms with Crippen molar-refractivity contribution >= 4 is 23.1 Å². The summed E-state index contributed by atoms with van der Waals surface area (Å²) in [6, 6.07) is 8.88. The minimum atomic E-state index is -0.300. The van der Waals surface area contributed by atoms with Gasteiger partial charge < -0.3 is 14.2 Å². The number of carbonyl (C=O) groups excluding carboxylic acids is 1. The number of amides is 1. The number of aliphatic hydroxyl groups excluding tert-OH is 1. The van der Waals surface area contributed by atoms with Crippen molar-refractivity contribution in [3.05, 3.63) is 35.9 Å². The van der Waals surface area contributed by atoms with Crippen molar-refractivity contribution in [1.29, 1.82) is 0 Å². The van der Waals surface area contributed by atoms with Crippen LogP contribution in [0.4, 0.5) is 0 Å². The van der Waals surface area contributed by atoms with E-state index in [9.17, 15) is 4.79 Å². The molecule has 1 aliphatic rings. The van der Waals surface area contributed by atoms with E-state index in [-0.39, 0.29) is 12.5 Å². The zero-order chi connectivity index (χ0) is 12.8. The summed E-state index contributed by atoms with van der Waals surface area (Å²) >= 11 is 1.08. The van der Waals surface area contributed by atoms with Crippen molar-refractivity contribution in [2.75, 3.05) is 26.3 Å². The number of hydrogen-bond donors (Lipinski definition) is 1. The fraction of sp³-hybridized carbons (Fsp3) is 0.333. The molecule has 18 heavy (non-hydrogen) atoms. The summed E-state index contributed by atoms with van der Waals surface area (Å²) in [6.45, 7) is 1.67. The van der Waals surface area contributed by atoms with Crippen LogP contribution >= 0.6 is 12.0 Å². The Hall–Kier alpha value is -1.37. The predicted octanol–water partition coefficient (Wildman–Crippen LogP) is 1.16. The van der Waals surface area contributed by atoms with Crippen LogP contribution in [-0.4, -0.2) is 47.4 Å². The summed E-state index contributed by atoms with van der Waals surface area (Å²) in [4.78, 5) is 17.8. The van der Waals surface area contributed by atoms with Gasteiger partial charge in [-0.3, -0.25) is 4.79 Å². The highest BCUT2D eigenvalue weighted by atomic mass is 32.2. The summed E-state index contributed by atoms with van der Waals surface area (Å²) in [5.74, 6) is -0.300. The van der Waals surface area contributed by atoms with E-state index < -0.39 is 0 Å². The lowest BCUT2D eigenvalue weighted by Crippen LogP contribution is -2.38. The third-order valence-corrected chi connectivity index (χ3v) is 3.22. The van der Waals surface area contributed by atoms with Gasteiger partial charge in [0.05, 0.1) is 25.3 Å². The summed E-state index contributed by atoms with van der Waals surface area (Å²) in [6.07, 6.45) is 0. The quantitative estimate of drug-likeness (QED) is 0.832. The molecule has 6 heteroatoms. The minimum absolute atomic E-state index is 0.0269. The van der Waals surface area contributed by atoms with Crippen molar-refractivity contribution in [2.24, 2.45) is 4.99 Å². The van der Waals surface area contributed by atoms with E-state index in [4.69, 9.17) is 9.29 Å². The number of hydrogen-bond acceptors (Lipinski definition) is 4. The van der Waals surface area contributed by atoms with E-state index in [0.29, 0.717) is 30.4 Å². The van der Waals surface area contributed by atoms with Crippen molar-refractivity contribution in [3.63, 3.8) is 0 Å². The molecule has 0 unspecified atom stereocenters. The predicted molar refractivity (Wildman–Crippen MR) is 70.4 cm³/mol. The van der Waals surface area contributed by atoms with E-state index in [1.54, 1.807) is 24.3 Å². The van der Waals surface area contributed by atoms with E-state index in [1.807, 2.05) is 11.0 Å². The molecule has 1 heterocycles. The van der Waals surface area contributed by atoms with Gasteiger partial charge in [-0.2, -0.15) is 4.99 Å². The van der Waals surface area contributed by atoms with Crippen molar-refractivity contribution in [2.45, 2.75) is 0 Å². The summed E-state index contributed by atoms with van der Waals surface area (Å²) < 4.78 is 5.21. The van der Waals surface area contributed by atoms with Gasteiger partial charge in [0.25, 0.3) is 5.91 Å². The van der Waals surface area contributed by atoms with Gasteiger partial charge in [-0.15, -0.1) is 0 Å². The summed E-state index contributed by atoms with van der Waals surface area (Å²) in [5.41, 5.74) is 0.542. The lowest BCUT2D eigenvalue weighted by molar-refractivity contribution is 0.100.